The number of esters is 1. The molecule has 2 aromatic carbocycles. The molecular formula is C28H34N4O4S. The Labute approximate surface area is 222 Å². The van der Waals surface area contributed by atoms with Crippen LogP contribution in [0.5, 0.6) is 11.5 Å². The molecule has 1 aliphatic heterocycles. The van der Waals surface area contributed by atoms with Crippen LogP contribution in [0.15, 0.2) is 58.9 Å². The molecule has 1 N–H and O–H groups in total. The predicted molar refractivity (Wildman–Crippen MR) is 145 cm³/mol. The lowest BCUT2D eigenvalue weighted by Gasteiger charge is -2.28. The van der Waals surface area contributed by atoms with Gasteiger partial charge in [-0.3, -0.25) is 0 Å². The number of thioether (sulfide) groups is 1. The van der Waals surface area contributed by atoms with Crippen molar-refractivity contribution < 1.29 is 19.0 Å². The van der Waals surface area contributed by atoms with E-state index >= 15 is 0 Å². The summed E-state index contributed by atoms with van der Waals surface area (Å²) >= 11 is 1.61. The first-order chi connectivity index (χ1) is 18.0. The van der Waals surface area contributed by atoms with Crippen molar-refractivity contribution in [3.05, 3.63) is 70.4 Å². The number of unbranched alkanes of at least 4 members (excludes halogenated alkanes) is 1. The molecule has 196 valence electrons. The largest absolute Gasteiger partial charge is 0.490 e. The molecule has 1 atom stereocenters. The van der Waals surface area contributed by atoms with Crippen LogP contribution in [0.3, 0.4) is 0 Å². The Kier molecular flexibility index (Phi) is 8.76. The quantitative estimate of drug-likeness (QED) is 0.189. The number of nitrogens with zero attached hydrogens (tertiary/aromatic N) is 3. The van der Waals surface area contributed by atoms with E-state index < -0.39 is 12.0 Å². The van der Waals surface area contributed by atoms with Gasteiger partial charge in [0.1, 0.15) is 12.6 Å². The lowest BCUT2D eigenvalue weighted by molar-refractivity contribution is -0.136. The highest BCUT2D eigenvalue weighted by atomic mass is 32.2. The zero-order chi connectivity index (χ0) is 26.4. The molecule has 0 bridgehead atoms. The molecule has 0 spiro atoms. The van der Waals surface area contributed by atoms with E-state index in [2.05, 4.69) is 36.3 Å². The molecule has 2 heterocycles. The van der Waals surface area contributed by atoms with Gasteiger partial charge in [-0.25, -0.2) is 9.48 Å². The Morgan fingerprint density at radius 3 is 2.65 bits per heavy atom. The standard InChI is InChI=1S/C28H34N4O4S/c1-6-8-15-37-28-30-27-29-19(4)24(26(33)34-5)25(32(27)31-28)20-13-14-22(23(16-20)35-7-2)36-17-21-12-10-9-11-18(21)3/h9-14,16,25H,6-8,15,17H2,1-5H3,(H,29,30,31). The number of anilines is 1. The number of hydrogen-bond donors (Lipinski definition) is 1. The lowest BCUT2D eigenvalue weighted by atomic mass is 9.95. The van der Waals surface area contributed by atoms with Crippen molar-refractivity contribution in [3.8, 4) is 11.5 Å². The zero-order valence-electron chi connectivity index (χ0n) is 22.0. The highest BCUT2D eigenvalue weighted by Crippen LogP contribution is 2.40. The van der Waals surface area contributed by atoms with Crippen LogP contribution in [-0.4, -0.2) is 40.2 Å². The second-order valence-electron chi connectivity index (χ2n) is 8.78. The van der Waals surface area contributed by atoms with Crippen LogP contribution >= 0.6 is 11.8 Å². The highest BCUT2D eigenvalue weighted by Gasteiger charge is 2.35. The Morgan fingerprint density at radius 1 is 1.11 bits per heavy atom. The molecule has 0 aliphatic carbocycles. The van der Waals surface area contributed by atoms with Gasteiger partial charge in [-0.1, -0.05) is 55.4 Å². The molecule has 0 saturated heterocycles. The van der Waals surface area contributed by atoms with Crippen LogP contribution < -0.4 is 14.8 Å². The number of benzene rings is 2. The van der Waals surface area contributed by atoms with Gasteiger partial charge in [0.15, 0.2) is 11.5 Å². The predicted octanol–water partition coefficient (Wildman–Crippen LogP) is 5.92. The van der Waals surface area contributed by atoms with Crippen LogP contribution in [0.2, 0.25) is 0 Å². The second-order valence-corrected chi connectivity index (χ2v) is 9.84. The maximum Gasteiger partial charge on any atom is 0.338 e. The molecule has 0 fully saturated rings. The fourth-order valence-corrected chi connectivity index (χ4v) is 5.10. The normalized spacial score (nSPS) is 14.7. The number of rotatable bonds is 11. The SMILES string of the molecule is CCCCSc1nc2n(n1)C(c1ccc(OCc3ccccc3C)c(OCC)c1)C(C(=O)OC)=C(C)N2. The van der Waals surface area contributed by atoms with Gasteiger partial charge in [0.2, 0.25) is 11.1 Å². The number of nitrogens with one attached hydrogen (secondary N) is 1. The van der Waals surface area contributed by atoms with E-state index in [1.165, 1.54) is 12.7 Å². The third-order valence-corrected chi connectivity index (χ3v) is 7.12. The average molecular weight is 523 g/mol. The van der Waals surface area contributed by atoms with Crippen molar-refractivity contribution in [1.29, 1.82) is 0 Å². The third kappa shape index (κ3) is 5.93. The van der Waals surface area contributed by atoms with E-state index in [9.17, 15) is 4.79 Å². The number of carbonyl (C=O) groups is 1. The molecule has 1 aliphatic rings. The minimum absolute atomic E-state index is 0.422. The molecule has 4 rings (SSSR count). The van der Waals surface area contributed by atoms with E-state index in [-0.39, 0.29) is 0 Å². The number of aromatic nitrogens is 3. The molecule has 0 amide bonds. The highest BCUT2D eigenvalue weighted by molar-refractivity contribution is 7.99. The smallest absolute Gasteiger partial charge is 0.338 e. The Balaban J connectivity index is 1.71. The molecule has 3 aromatic rings. The van der Waals surface area contributed by atoms with E-state index in [4.69, 9.17) is 19.3 Å². The minimum Gasteiger partial charge on any atom is -0.490 e. The summed E-state index contributed by atoms with van der Waals surface area (Å²) in [6.45, 7) is 8.91. The van der Waals surface area contributed by atoms with Crippen LogP contribution in [0.4, 0.5) is 5.95 Å². The summed E-state index contributed by atoms with van der Waals surface area (Å²) in [5, 5.41) is 8.66. The van der Waals surface area contributed by atoms with Gasteiger partial charge < -0.3 is 19.5 Å². The first-order valence-corrected chi connectivity index (χ1v) is 13.5. The lowest BCUT2D eigenvalue weighted by Crippen LogP contribution is -2.29. The third-order valence-electron chi connectivity index (χ3n) is 6.20. The van der Waals surface area contributed by atoms with Crippen molar-refractivity contribution in [2.75, 3.05) is 24.8 Å². The van der Waals surface area contributed by atoms with E-state index in [1.807, 2.05) is 44.2 Å². The molecular weight excluding hydrogens is 488 g/mol. The summed E-state index contributed by atoms with van der Waals surface area (Å²) in [5.41, 5.74) is 4.26. The number of fused-ring (bicyclic) bond motifs is 1. The van der Waals surface area contributed by atoms with Gasteiger partial charge in [0.05, 0.1) is 19.3 Å². The van der Waals surface area contributed by atoms with E-state index in [1.54, 1.807) is 16.4 Å². The second kappa shape index (κ2) is 12.2. The van der Waals surface area contributed by atoms with Crippen LogP contribution in [0.25, 0.3) is 0 Å². The number of methoxy groups -OCH3 is 1. The number of hydrogen-bond acceptors (Lipinski definition) is 8. The van der Waals surface area contributed by atoms with Gasteiger partial charge in [0, 0.05) is 11.4 Å². The number of ether oxygens (including phenoxy) is 3. The topological polar surface area (TPSA) is 87.5 Å². The fourth-order valence-electron chi connectivity index (χ4n) is 4.19. The van der Waals surface area contributed by atoms with Crippen molar-refractivity contribution in [2.45, 2.75) is 58.3 Å². The molecule has 8 nitrogen and oxygen atoms in total. The van der Waals surface area contributed by atoms with Gasteiger partial charge in [-0.2, -0.15) is 4.98 Å². The van der Waals surface area contributed by atoms with Crippen LogP contribution in [0.1, 0.15) is 56.3 Å². The summed E-state index contributed by atoms with van der Waals surface area (Å²) in [7, 11) is 1.39. The summed E-state index contributed by atoms with van der Waals surface area (Å²) < 4.78 is 19.0. The minimum atomic E-state index is -0.527. The zero-order valence-corrected chi connectivity index (χ0v) is 22.9. The maximum absolute atomic E-state index is 12.9. The molecule has 37 heavy (non-hydrogen) atoms. The number of carbonyl (C=O) groups excluding carboxylic acids is 1. The molecule has 0 radical (unpaired) electrons. The average Bonchev–Trinajstić information content (AvgIpc) is 3.30. The fraction of sp³-hybridized carbons (Fsp3) is 0.393. The van der Waals surface area contributed by atoms with Gasteiger partial charge >= 0.3 is 5.97 Å². The van der Waals surface area contributed by atoms with Crippen LogP contribution in [-0.2, 0) is 16.1 Å². The molecule has 1 unspecified atom stereocenters. The van der Waals surface area contributed by atoms with Gasteiger partial charge in [-0.05, 0) is 56.0 Å². The molecule has 0 saturated carbocycles. The van der Waals surface area contributed by atoms with Crippen LogP contribution in [0, 0.1) is 6.92 Å². The van der Waals surface area contributed by atoms with Crippen molar-refractivity contribution >= 4 is 23.7 Å². The number of aryl methyl sites for hydroxylation is 1. The van der Waals surface area contributed by atoms with E-state index in [0.717, 1.165) is 29.7 Å². The number of allylic oxidation sites excluding steroid dienone is 1. The van der Waals surface area contributed by atoms with Crippen molar-refractivity contribution in [1.82, 2.24) is 14.8 Å². The summed E-state index contributed by atoms with van der Waals surface area (Å²) in [5.74, 6) is 2.34. The first-order valence-electron chi connectivity index (χ1n) is 12.6. The van der Waals surface area contributed by atoms with E-state index in [0.29, 0.717) is 47.1 Å². The molecule has 9 heteroatoms. The summed E-state index contributed by atoms with van der Waals surface area (Å²) in [6.07, 6.45) is 2.19. The monoisotopic (exact) mass is 522 g/mol. The van der Waals surface area contributed by atoms with Gasteiger partial charge in [-0.15, -0.1) is 5.10 Å². The first kappa shape index (κ1) is 26.6. The Bertz CT molecular complexity index is 1290. The Hall–Kier alpha value is -3.46. The van der Waals surface area contributed by atoms with Gasteiger partial charge in [0.25, 0.3) is 0 Å². The van der Waals surface area contributed by atoms with Crippen molar-refractivity contribution in [3.63, 3.8) is 0 Å². The summed E-state index contributed by atoms with van der Waals surface area (Å²) in [4.78, 5) is 17.6. The Morgan fingerprint density at radius 2 is 1.92 bits per heavy atom. The summed E-state index contributed by atoms with van der Waals surface area (Å²) in [6, 6.07) is 13.4. The maximum atomic E-state index is 12.9. The van der Waals surface area contributed by atoms with Crippen molar-refractivity contribution in [2.24, 2.45) is 0 Å². The molecule has 1 aromatic heterocycles.